The fourth-order valence-corrected chi connectivity index (χ4v) is 2.73. The van der Waals surface area contributed by atoms with Crippen molar-refractivity contribution in [2.45, 2.75) is 13.5 Å². The molecule has 1 unspecified atom stereocenters. The van der Waals surface area contributed by atoms with Crippen LogP contribution < -0.4 is 16.2 Å². The van der Waals surface area contributed by atoms with E-state index in [0.717, 1.165) is 5.52 Å². The molecule has 0 fully saturated rings. The van der Waals surface area contributed by atoms with Gasteiger partial charge in [-0.1, -0.05) is 0 Å². The molecule has 2 rings (SSSR count). The highest BCUT2D eigenvalue weighted by Gasteiger charge is 2.15. The van der Waals surface area contributed by atoms with E-state index in [0.29, 0.717) is 17.7 Å². The Morgan fingerprint density at radius 3 is 2.81 bits per heavy atom. The summed E-state index contributed by atoms with van der Waals surface area (Å²) in [6, 6.07) is 5.19. The molecule has 2 aromatic rings. The third-order valence-corrected chi connectivity index (χ3v) is 3.50. The van der Waals surface area contributed by atoms with Gasteiger partial charge in [0, 0.05) is 12.2 Å². The Morgan fingerprint density at radius 2 is 2.25 bits per heavy atom. The van der Waals surface area contributed by atoms with E-state index < -0.39 is 7.37 Å². The maximum Gasteiger partial charge on any atom is 0.155 e. The highest BCUT2D eigenvalue weighted by Crippen LogP contribution is 2.30. The molecule has 0 spiro atoms. The van der Waals surface area contributed by atoms with E-state index in [-0.39, 0.29) is 5.57 Å². The van der Waals surface area contributed by atoms with E-state index >= 15 is 0 Å². The summed E-state index contributed by atoms with van der Waals surface area (Å²) in [5, 5.41) is 0. The van der Waals surface area contributed by atoms with Crippen LogP contribution in [0.25, 0.3) is 11.0 Å². The van der Waals surface area contributed by atoms with Gasteiger partial charge in [-0.15, -0.1) is 0 Å². The fraction of sp³-hybridized carbons (Fsp3) is 0.300. The Hall–Kier alpha value is -1.32. The van der Waals surface area contributed by atoms with Crippen LogP contribution in [0, 0.1) is 0 Å². The molecule has 0 amide bonds. The largest absolute Gasteiger partial charge is 0.794 e. The van der Waals surface area contributed by atoms with Gasteiger partial charge in [-0.3, -0.25) is 0 Å². The molecule has 1 atom stereocenters. The lowest BCUT2D eigenvalue weighted by molar-refractivity contribution is -0.170. The molecular formula is C10H13N3O2P-. The molecule has 0 saturated heterocycles. The SMILES string of the molecule is CCn1c(P(C)(=O)[O-])nc2ccc(N)cc21. The number of fused-ring (bicyclic) bond motifs is 1. The number of aromatic nitrogens is 2. The predicted octanol–water partition coefficient (Wildman–Crippen LogP) is 0.532. The monoisotopic (exact) mass is 238 g/mol. The van der Waals surface area contributed by atoms with Crippen LogP contribution in [-0.4, -0.2) is 16.2 Å². The summed E-state index contributed by atoms with van der Waals surface area (Å²) in [5.41, 5.74) is 7.82. The fourth-order valence-electron chi connectivity index (χ4n) is 1.75. The number of aryl methyl sites for hydroxylation is 1. The molecule has 0 aliphatic rings. The number of hydrogen-bond acceptors (Lipinski definition) is 4. The van der Waals surface area contributed by atoms with Gasteiger partial charge in [0.2, 0.25) is 0 Å². The Morgan fingerprint density at radius 1 is 1.56 bits per heavy atom. The van der Waals surface area contributed by atoms with Gasteiger partial charge in [-0.25, -0.2) is 4.98 Å². The summed E-state index contributed by atoms with van der Waals surface area (Å²) in [5.74, 6) is 0. The topological polar surface area (TPSA) is 84.0 Å². The van der Waals surface area contributed by atoms with Crippen LogP contribution in [0.1, 0.15) is 6.92 Å². The van der Waals surface area contributed by atoms with Crippen LogP contribution in [0.2, 0.25) is 0 Å². The second-order valence-electron chi connectivity index (χ2n) is 3.75. The average Bonchev–Trinajstić information content (AvgIpc) is 2.54. The van der Waals surface area contributed by atoms with E-state index in [4.69, 9.17) is 5.73 Å². The highest BCUT2D eigenvalue weighted by atomic mass is 31.2. The second-order valence-corrected chi connectivity index (χ2v) is 5.84. The van der Waals surface area contributed by atoms with Crippen molar-refractivity contribution in [2.75, 3.05) is 12.4 Å². The van der Waals surface area contributed by atoms with Crippen LogP contribution >= 0.6 is 7.37 Å². The first kappa shape index (κ1) is 11.2. The maximum absolute atomic E-state index is 11.6. The first-order valence-corrected chi connectivity index (χ1v) is 7.05. The Balaban J connectivity index is 2.82. The van der Waals surface area contributed by atoms with Gasteiger partial charge in [0.25, 0.3) is 0 Å². The minimum atomic E-state index is -3.60. The standard InChI is InChI=1S/C10H14N3O2P/c1-3-13-9-6-7(11)4-5-8(9)12-10(13)16(2,14)15/h4-6H,3,11H2,1-2H3,(H,14,15)/p-1. The molecule has 0 saturated carbocycles. The predicted molar refractivity (Wildman–Crippen MR) is 63.0 cm³/mol. The van der Waals surface area contributed by atoms with Crippen LogP contribution in [0.3, 0.4) is 0 Å². The Bertz CT molecular complexity index is 585. The van der Waals surface area contributed by atoms with Gasteiger partial charge >= 0.3 is 0 Å². The van der Waals surface area contributed by atoms with Crippen molar-refractivity contribution in [1.82, 2.24) is 9.55 Å². The molecule has 0 radical (unpaired) electrons. The minimum Gasteiger partial charge on any atom is -0.794 e. The Labute approximate surface area is 93.4 Å². The Kier molecular flexibility index (Phi) is 2.52. The van der Waals surface area contributed by atoms with Gasteiger partial charge in [-0.2, -0.15) is 0 Å². The van der Waals surface area contributed by atoms with Gasteiger partial charge in [0.1, 0.15) is 0 Å². The molecule has 86 valence electrons. The molecule has 0 aliphatic carbocycles. The number of rotatable bonds is 2. The van der Waals surface area contributed by atoms with Gasteiger partial charge < -0.3 is 19.8 Å². The van der Waals surface area contributed by atoms with Gasteiger partial charge in [-0.05, 0) is 31.8 Å². The smallest absolute Gasteiger partial charge is 0.155 e. The van der Waals surface area contributed by atoms with E-state index in [1.54, 1.807) is 22.8 Å². The van der Waals surface area contributed by atoms with E-state index in [2.05, 4.69) is 4.98 Å². The maximum atomic E-state index is 11.6. The summed E-state index contributed by atoms with van der Waals surface area (Å²) in [6.07, 6.45) is 0. The summed E-state index contributed by atoms with van der Waals surface area (Å²) in [7, 11) is -3.60. The van der Waals surface area contributed by atoms with Crippen molar-refractivity contribution in [3.8, 4) is 0 Å². The van der Waals surface area contributed by atoms with Crippen LogP contribution in [-0.2, 0) is 11.1 Å². The van der Waals surface area contributed by atoms with Crippen molar-refractivity contribution in [1.29, 1.82) is 0 Å². The molecule has 1 aromatic carbocycles. The molecule has 1 heterocycles. The molecule has 1 aromatic heterocycles. The van der Waals surface area contributed by atoms with Crippen molar-refractivity contribution >= 4 is 29.7 Å². The third kappa shape index (κ3) is 1.72. The third-order valence-electron chi connectivity index (χ3n) is 2.43. The molecule has 2 N–H and O–H groups in total. The zero-order chi connectivity index (χ0) is 11.9. The quantitative estimate of drug-likeness (QED) is 0.611. The van der Waals surface area contributed by atoms with E-state index in [1.165, 1.54) is 6.66 Å². The van der Waals surface area contributed by atoms with Crippen LogP contribution in [0.4, 0.5) is 5.69 Å². The lowest BCUT2D eigenvalue weighted by atomic mass is 10.3. The summed E-state index contributed by atoms with van der Waals surface area (Å²) in [4.78, 5) is 15.7. The number of benzene rings is 1. The number of hydrogen-bond donors (Lipinski definition) is 1. The van der Waals surface area contributed by atoms with E-state index in [1.807, 2.05) is 6.92 Å². The number of nitrogens with two attached hydrogens (primary N) is 1. The lowest BCUT2D eigenvalue weighted by Gasteiger charge is -2.17. The first-order valence-electron chi connectivity index (χ1n) is 4.98. The second kappa shape index (κ2) is 3.61. The molecular weight excluding hydrogens is 225 g/mol. The first-order chi connectivity index (χ1) is 7.43. The average molecular weight is 238 g/mol. The van der Waals surface area contributed by atoms with Crippen molar-refractivity contribution in [3.05, 3.63) is 18.2 Å². The normalized spacial score (nSPS) is 15.2. The number of nitrogen functional groups attached to an aromatic ring is 1. The minimum absolute atomic E-state index is 0.121. The lowest BCUT2D eigenvalue weighted by Crippen LogP contribution is -2.24. The van der Waals surface area contributed by atoms with E-state index in [9.17, 15) is 9.46 Å². The molecule has 0 aliphatic heterocycles. The van der Waals surface area contributed by atoms with Crippen molar-refractivity contribution in [2.24, 2.45) is 0 Å². The zero-order valence-corrected chi connectivity index (χ0v) is 10.1. The summed E-state index contributed by atoms with van der Waals surface area (Å²) >= 11 is 0. The van der Waals surface area contributed by atoms with Crippen molar-refractivity contribution in [3.63, 3.8) is 0 Å². The molecule has 6 heteroatoms. The van der Waals surface area contributed by atoms with Crippen LogP contribution in [0.15, 0.2) is 18.2 Å². The zero-order valence-electron chi connectivity index (χ0n) is 9.17. The van der Waals surface area contributed by atoms with Gasteiger partial charge in [0.05, 0.1) is 18.4 Å². The highest BCUT2D eigenvalue weighted by molar-refractivity contribution is 7.63. The number of anilines is 1. The van der Waals surface area contributed by atoms with Crippen molar-refractivity contribution < 1.29 is 9.46 Å². The molecule has 16 heavy (non-hydrogen) atoms. The molecule has 5 nitrogen and oxygen atoms in total. The molecule has 0 bridgehead atoms. The van der Waals surface area contributed by atoms with Crippen LogP contribution in [0.5, 0.6) is 0 Å². The summed E-state index contributed by atoms with van der Waals surface area (Å²) in [6.45, 7) is 3.61. The number of nitrogens with zero attached hydrogens (tertiary/aromatic N) is 2. The van der Waals surface area contributed by atoms with Gasteiger partial charge in [0.15, 0.2) is 5.57 Å². The number of imidazole rings is 1. The summed E-state index contributed by atoms with van der Waals surface area (Å²) < 4.78 is 13.2.